The summed E-state index contributed by atoms with van der Waals surface area (Å²) in [6, 6.07) is 20.1. The van der Waals surface area contributed by atoms with E-state index < -0.39 is 9.84 Å². The minimum atomic E-state index is -3.00. The molecule has 1 aliphatic rings. The van der Waals surface area contributed by atoms with Crippen molar-refractivity contribution in [3.63, 3.8) is 0 Å². The van der Waals surface area contributed by atoms with Gasteiger partial charge < -0.3 is 10.2 Å². The molecule has 144 valence electrons. The molecule has 0 aromatic heterocycles. The lowest BCUT2D eigenvalue weighted by Crippen LogP contribution is -2.44. The predicted molar refractivity (Wildman–Crippen MR) is 108 cm³/mol. The van der Waals surface area contributed by atoms with Crippen molar-refractivity contribution < 1.29 is 13.2 Å². The van der Waals surface area contributed by atoms with Crippen LogP contribution in [0.15, 0.2) is 60.7 Å². The van der Waals surface area contributed by atoms with E-state index in [1.165, 1.54) is 16.0 Å². The van der Waals surface area contributed by atoms with Gasteiger partial charge in [-0.1, -0.05) is 60.7 Å². The molecular formula is C21H26N2O3S. The maximum atomic E-state index is 12.4. The maximum absolute atomic E-state index is 12.4. The average molecular weight is 387 g/mol. The molecule has 1 N–H and O–H groups in total. The highest BCUT2D eigenvalue weighted by Crippen LogP contribution is 2.27. The van der Waals surface area contributed by atoms with E-state index in [9.17, 15) is 13.2 Å². The van der Waals surface area contributed by atoms with Crippen LogP contribution in [-0.4, -0.2) is 50.5 Å². The number of nitrogens with zero attached hydrogens (tertiary/aromatic N) is 1. The van der Waals surface area contributed by atoms with Gasteiger partial charge in [0.05, 0.1) is 11.5 Å². The highest BCUT2D eigenvalue weighted by molar-refractivity contribution is 7.91. The van der Waals surface area contributed by atoms with Crippen LogP contribution >= 0.6 is 0 Å². The zero-order valence-electron chi connectivity index (χ0n) is 15.5. The molecule has 0 saturated carbocycles. The first kappa shape index (κ1) is 19.4. The minimum Gasteiger partial charge on any atom is -0.338 e. The third-order valence-corrected chi connectivity index (χ3v) is 6.94. The van der Waals surface area contributed by atoms with Crippen molar-refractivity contribution >= 4 is 15.9 Å². The summed E-state index contributed by atoms with van der Waals surface area (Å²) in [5.41, 5.74) is 2.43. The summed E-state index contributed by atoms with van der Waals surface area (Å²) in [7, 11) is -1.33. The molecule has 1 aliphatic heterocycles. The molecule has 2 aromatic carbocycles. The normalized spacial score (nSPS) is 18.4. The molecule has 1 fully saturated rings. The molecule has 1 heterocycles. The molecular weight excluding hydrogens is 360 g/mol. The molecule has 2 aromatic rings. The van der Waals surface area contributed by atoms with Crippen LogP contribution in [0.1, 0.15) is 29.9 Å². The lowest BCUT2D eigenvalue weighted by molar-refractivity contribution is 0.195. The Morgan fingerprint density at radius 2 is 1.63 bits per heavy atom. The summed E-state index contributed by atoms with van der Waals surface area (Å²) in [6.07, 6.45) is 1.29. The summed E-state index contributed by atoms with van der Waals surface area (Å²) >= 11 is 0. The first-order valence-corrected chi connectivity index (χ1v) is 11.1. The van der Waals surface area contributed by atoms with Crippen LogP contribution in [-0.2, 0) is 9.84 Å². The van der Waals surface area contributed by atoms with Crippen molar-refractivity contribution in [2.24, 2.45) is 0 Å². The summed E-state index contributed by atoms with van der Waals surface area (Å²) < 4.78 is 23.3. The van der Waals surface area contributed by atoms with Crippen LogP contribution in [0.4, 0.5) is 4.79 Å². The number of rotatable bonds is 6. The fourth-order valence-corrected chi connectivity index (χ4v) is 5.37. The fraction of sp³-hybridized carbons (Fsp3) is 0.381. The predicted octanol–water partition coefficient (Wildman–Crippen LogP) is 3.04. The zero-order chi connectivity index (χ0) is 19.3. The van der Waals surface area contributed by atoms with Crippen molar-refractivity contribution in [1.82, 2.24) is 10.2 Å². The Balaban J connectivity index is 1.60. The molecule has 1 atom stereocenters. The topological polar surface area (TPSA) is 66.5 Å². The SMILES string of the molecule is CN(C(=O)NCCC(c1ccccc1)c1ccccc1)C1CCS(=O)(=O)C1. The Morgan fingerprint density at radius 1 is 1.07 bits per heavy atom. The van der Waals surface area contributed by atoms with Gasteiger partial charge in [-0.2, -0.15) is 0 Å². The smallest absolute Gasteiger partial charge is 0.317 e. The number of amides is 2. The Bertz CT molecular complexity index is 814. The third-order valence-electron chi connectivity index (χ3n) is 5.19. The number of hydrogen-bond acceptors (Lipinski definition) is 3. The Kier molecular flexibility index (Phi) is 6.16. The fourth-order valence-electron chi connectivity index (χ4n) is 3.59. The second-order valence-corrected chi connectivity index (χ2v) is 9.29. The van der Waals surface area contributed by atoms with E-state index in [1.54, 1.807) is 7.05 Å². The third kappa shape index (κ3) is 5.10. The van der Waals surface area contributed by atoms with Crippen LogP contribution in [0.25, 0.3) is 0 Å². The molecule has 0 radical (unpaired) electrons. The molecule has 5 nitrogen and oxygen atoms in total. The van der Waals surface area contributed by atoms with E-state index in [4.69, 9.17) is 0 Å². The first-order chi connectivity index (χ1) is 13.0. The zero-order valence-corrected chi connectivity index (χ0v) is 16.4. The quantitative estimate of drug-likeness (QED) is 0.830. The van der Waals surface area contributed by atoms with Crippen molar-refractivity contribution in [3.05, 3.63) is 71.8 Å². The van der Waals surface area contributed by atoms with Crippen molar-refractivity contribution in [2.45, 2.75) is 24.8 Å². The summed E-state index contributed by atoms with van der Waals surface area (Å²) in [6.45, 7) is 0.525. The van der Waals surface area contributed by atoms with Gasteiger partial charge in [0.1, 0.15) is 0 Å². The van der Waals surface area contributed by atoms with E-state index in [2.05, 4.69) is 29.6 Å². The lowest BCUT2D eigenvalue weighted by atomic mass is 9.88. The number of carbonyl (C=O) groups excluding carboxylic acids is 1. The molecule has 1 unspecified atom stereocenters. The van der Waals surface area contributed by atoms with E-state index >= 15 is 0 Å². The molecule has 1 saturated heterocycles. The van der Waals surface area contributed by atoms with Gasteiger partial charge in [-0.25, -0.2) is 13.2 Å². The van der Waals surface area contributed by atoms with Crippen LogP contribution < -0.4 is 5.32 Å². The first-order valence-electron chi connectivity index (χ1n) is 9.27. The van der Waals surface area contributed by atoms with E-state index in [0.29, 0.717) is 13.0 Å². The number of carbonyl (C=O) groups is 1. The van der Waals surface area contributed by atoms with Crippen molar-refractivity contribution in [2.75, 3.05) is 25.1 Å². The number of hydrogen-bond donors (Lipinski definition) is 1. The lowest BCUT2D eigenvalue weighted by Gasteiger charge is -2.24. The van der Waals surface area contributed by atoms with Gasteiger partial charge in [-0.05, 0) is 24.0 Å². The van der Waals surface area contributed by atoms with Gasteiger partial charge in [0, 0.05) is 25.6 Å². The number of nitrogens with one attached hydrogen (secondary N) is 1. The molecule has 3 rings (SSSR count). The van der Waals surface area contributed by atoms with Gasteiger partial charge in [0.2, 0.25) is 0 Å². The number of sulfone groups is 1. The Labute approximate surface area is 161 Å². The van der Waals surface area contributed by atoms with Gasteiger partial charge >= 0.3 is 6.03 Å². The second-order valence-electron chi connectivity index (χ2n) is 7.06. The van der Waals surface area contributed by atoms with E-state index in [-0.39, 0.29) is 29.5 Å². The van der Waals surface area contributed by atoms with Gasteiger partial charge in [-0.3, -0.25) is 0 Å². The standard InChI is InChI=1S/C21H26N2O3S/c1-23(19-13-15-27(25,26)16-19)21(24)22-14-12-20(17-8-4-2-5-9-17)18-10-6-3-7-11-18/h2-11,19-20H,12-16H2,1H3,(H,22,24). The second kappa shape index (κ2) is 8.57. The van der Waals surface area contributed by atoms with Crippen LogP contribution in [0.2, 0.25) is 0 Å². The monoisotopic (exact) mass is 386 g/mol. The summed E-state index contributed by atoms with van der Waals surface area (Å²) in [4.78, 5) is 13.9. The summed E-state index contributed by atoms with van der Waals surface area (Å²) in [5.74, 6) is 0.428. The maximum Gasteiger partial charge on any atom is 0.317 e. The van der Waals surface area contributed by atoms with Crippen LogP contribution in [0, 0.1) is 0 Å². The number of benzene rings is 2. The highest BCUT2D eigenvalue weighted by atomic mass is 32.2. The largest absolute Gasteiger partial charge is 0.338 e. The van der Waals surface area contributed by atoms with Gasteiger partial charge in [0.25, 0.3) is 0 Å². The van der Waals surface area contributed by atoms with E-state index in [0.717, 1.165) is 6.42 Å². The van der Waals surface area contributed by atoms with Crippen molar-refractivity contribution in [1.29, 1.82) is 0 Å². The summed E-state index contributed by atoms with van der Waals surface area (Å²) in [5, 5.41) is 2.95. The highest BCUT2D eigenvalue weighted by Gasteiger charge is 2.32. The molecule has 6 heteroatoms. The molecule has 27 heavy (non-hydrogen) atoms. The number of urea groups is 1. The van der Waals surface area contributed by atoms with Crippen LogP contribution in [0.5, 0.6) is 0 Å². The average Bonchev–Trinajstić information content (AvgIpc) is 3.05. The Morgan fingerprint density at radius 3 is 2.11 bits per heavy atom. The van der Waals surface area contributed by atoms with Gasteiger partial charge in [0.15, 0.2) is 9.84 Å². The molecule has 0 aliphatic carbocycles. The minimum absolute atomic E-state index is 0.0631. The van der Waals surface area contributed by atoms with Gasteiger partial charge in [-0.15, -0.1) is 0 Å². The molecule has 0 bridgehead atoms. The van der Waals surface area contributed by atoms with Crippen LogP contribution in [0.3, 0.4) is 0 Å². The molecule has 0 spiro atoms. The van der Waals surface area contributed by atoms with Crippen molar-refractivity contribution in [3.8, 4) is 0 Å². The van der Waals surface area contributed by atoms with E-state index in [1.807, 2.05) is 36.4 Å². The Hall–Kier alpha value is -2.34. The molecule has 2 amide bonds.